The Bertz CT molecular complexity index is 519. The van der Waals surface area contributed by atoms with E-state index >= 15 is 0 Å². The lowest BCUT2D eigenvalue weighted by Crippen LogP contribution is -2.38. The first-order valence-electron chi connectivity index (χ1n) is 6.21. The number of nitrogens with one attached hydrogen (secondary N) is 2. The summed E-state index contributed by atoms with van der Waals surface area (Å²) in [7, 11) is 0. The van der Waals surface area contributed by atoms with E-state index < -0.39 is 0 Å². The van der Waals surface area contributed by atoms with Crippen LogP contribution in [0.5, 0.6) is 0 Å². The third-order valence-electron chi connectivity index (χ3n) is 2.32. The molecule has 0 aliphatic rings. The molecular weight excluding hydrogens is 447 g/mol. The Labute approximate surface area is 150 Å². The number of halogens is 2. The van der Waals surface area contributed by atoms with Crippen molar-refractivity contribution in [3.63, 3.8) is 0 Å². The summed E-state index contributed by atoms with van der Waals surface area (Å²) in [4.78, 5) is 15.9. The average Bonchev–Trinajstić information content (AvgIpc) is 2.41. The van der Waals surface area contributed by atoms with Gasteiger partial charge in [0.2, 0.25) is 0 Å². The van der Waals surface area contributed by atoms with Gasteiger partial charge >= 0.3 is 0 Å². The van der Waals surface area contributed by atoms with Crippen molar-refractivity contribution in [2.75, 3.05) is 19.6 Å². The van der Waals surface area contributed by atoms with E-state index in [1.165, 1.54) is 0 Å². The van der Waals surface area contributed by atoms with Crippen molar-refractivity contribution >= 4 is 51.8 Å². The quantitative estimate of drug-likeness (QED) is 0.198. The van der Waals surface area contributed by atoms with Gasteiger partial charge in [-0.25, -0.2) is 4.99 Å². The van der Waals surface area contributed by atoms with Crippen LogP contribution in [0.25, 0.3) is 0 Å². The largest absolute Gasteiger partial charge is 0.370 e. The molecule has 0 aromatic heterocycles. The molecule has 7 heteroatoms. The van der Waals surface area contributed by atoms with E-state index in [0.717, 1.165) is 10.0 Å². The highest BCUT2D eigenvalue weighted by molar-refractivity contribution is 14.0. The molecule has 21 heavy (non-hydrogen) atoms. The van der Waals surface area contributed by atoms with E-state index in [2.05, 4.69) is 38.1 Å². The van der Waals surface area contributed by atoms with Crippen molar-refractivity contribution < 1.29 is 4.79 Å². The molecule has 0 saturated carbocycles. The maximum Gasteiger partial charge on any atom is 0.251 e. The Kier molecular flexibility index (Phi) is 10.1. The summed E-state index contributed by atoms with van der Waals surface area (Å²) < 4.78 is 0.874. The van der Waals surface area contributed by atoms with E-state index in [1.807, 2.05) is 19.1 Å². The van der Waals surface area contributed by atoms with Crippen molar-refractivity contribution in [2.45, 2.75) is 6.92 Å². The number of nitrogens with zero attached hydrogens (tertiary/aromatic N) is 1. The number of hydrogen-bond acceptors (Lipinski definition) is 2. The summed E-state index contributed by atoms with van der Waals surface area (Å²) in [6, 6.07) is 7.22. The smallest absolute Gasteiger partial charge is 0.251 e. The minimum atomic E-state index is -0.120. The Morgan fingerprint density at radius 1 is 1.38 bits per heavy atom. The molecule has 0 aliphatic heterocycles. The number of aliphatic imine (C=N–C) groups is 1. The molecule has 0 atom stereocenters. The molecule has 1 aromatic carbocycles. The summed E-state index contributed by atoms with van der Waals surface area (Å²) in [6.07, 6.45) is 0. The molecule has 0 spiro atoms. The van der Waals surface area contributed by atoms with E-state index in [1.54, 1.807) is 12.1 Å². The minimum absolute atomic E-state index is 0. The standard InChI is InChI=1S/C14H19BrN4O.HI/c1-10(2)9-19-14(16)18-7-6-17-13(20)11-4-3-5-12(15)8-11;/h3-5,8H,1,6-7,9H2,2H3,(H,17,20)(H3,16,18,19);1H. The van der Waals surface area contributed by atoms with Crippen LogP contribution in [0.1, 0.15) is 17.3 Å². The number of carbonyl (C=O) groups is 1. The third kappa shape index (κ3) is 8.71. The van der Waals surface area contributed by atoms with Gasteiger partial charge in [-0.1, -0.05) is 34.1 Å². The number of nitrogens with two attached hydrogens (primary N) is 1. The Morgan fingerprint density at radius 2 is 2.05 bits per heavy atom. The molecule has 1 amide bonds. The molecule has 5 nitrogen and oxygen atoms in total. The highest BCUT2D eigenvalue weighted by atomic mass is 127. The second-order valence-electron chi connectivity index (χ2n) is 4.35. The zero-order valence-electron chi connectivity index (χ0n) is 11.9. The summed E-state index contributed by atoms with van der Waals surface area (Å²) in [5, 5.41) is 5.71. The lowest BCUT2D eigenvalue weighted by molar-refractivity contribution is 0.0954. The van der Waals surface area contributed by atoms with Crippen LogP contribution in [0, 0.1) is 0 Å². The monoisotopic (exact) mass is 466 g/mol. The van der Waals surface area contributed by atoms with Crippen LogP contribution in [0.3, 0.4) is 0 Å². The van der Waals surface area contributed by atoms with Gasteiger partial charge in [0.15, 0.2) is 5.96 Å². The van der Waals surface area contributed by atoms with Gasteiger partial charge in [0.25, 0.3) is 5.91 Å². The van der Waals surface area contributed by atoms with E-state index in [0.29, 0.717) is 31.2 Å². The van der Waals surface area contributed by atoms with Gasteiger partial charge in [0.1, 0.15) is 0 Å². The second kappa shape index (κ2) is 10.6. The van der Waals surface area contributed by atoms with Crippen LogP contribution in [0.2, 0.25) is 0 Å². The number of benzene rings is 1. The number of rotatable bonds is 6. The first-order chi connectivity index (χ1) is 9.49. The number of guanidine groups is 1. The maximum atomic E-state index is 11.8. The topological polar surface area (TPSA) is 79.5 Å². The summed E-state index contributed by atoms with van der Waals surface area (Å²) >= 11 is 3.33. The highest BCUT2D eigenvalue weighted by Crippen LogP contribution is 2.11. The molecule has 1 rings (SSSR count). The fourth-order valence-corrected chi connectivity index (χ4v) is 1.77. The molecule has 0 radical (unpaired) electrons. The zero-order chi connectivity index (χ0) is 15.0. The highest BCUT2D eigenvalue weighted by Gasteiger charge is 2.04. The third-order valence-corrected chi connectivity index (χ3v) is 2.82. The average molecular weight is 467 g/mol. The van der Waals surface area contributed by atoms with Crippen LogP contribution in [0.4, 0.5) is 0 Å². The number of carbonyl (C=O) groups excluding carboxylic acids is 1. The van der Waals surface area contributed by atoms with Crippen molar-refractivity contribution in [2.24, 2.45) is 10.7 Å². The second-order valence-corrected chi connectivity index (χ2v) is 5.27. The first-order valence-corrected chi connectivity index (χ1v) is 7.00. The van der Waals surface area contributed by atoms with Crippen LogP contribution >= 0.6 is 39.9 Å². The van der Waals surface area contributed by atoms with Crippen molar-refractivity contribution in [3.05, 3.63) is 46.5 Å². The summed E-state index contributed by atoms with van der Waals surface area (Å²) in [6.45, 7) is 7.11. The van der Waals surface area contributed by atoms with E-state index in [4.69, 9.17) is 5.73 Å². The first kappa shape index (κ1) is 19.9. The molecule has 0 fully saturated rings. The summed E-state index contributed by atoms with van der Waals surface area (Å²) in [5.41, 5.74) is 7.21. The molecule has 1 aromatic rings. The van der Waals surface area contributed by atoms with Crippen LogP contribution < -0.4 is 16.4 Å². The molecule has 0 aliphatic carbocycles. The Morgan fingerprint density at radius 3 is 2.67 bits per heavy atom. The Hall–Kier alpha value is -1.09. The van der Waals surface area contributed by atoms with Crippen LogP contribution in [-0.2, 0) is 0 Å². The number of amides is 1. The summed E-state index contributed by atoms with van der Waals surface area (Å²) in [5.74, 6) is 0.232. The lowest BCUT2D eigenvalue weighted by atomic mass is 10.2. The van der Waals surface area contributed by atoms with E-state index in [9.17, 15) is 4.79 Å². The van der Waals surface area contributed by atoms with Crippen molar-refractivity contribution in [1.29, 1.82) is 0 Å². The lowest BCUT2D eigenvalue weighted by Gasteiger charge is -2.07. The minimum Gasteiger partial charge on any atom is -0.370 e. The maximum absolute atomic E-state index is 11.8. The van der Waals surface area contributed by atoms with Gasteiger partial charge in [0, 0.05) is 23.1 Å². The molecule has 0 saturated heterocycles. The van der Waals surface area contributed by atoms with E-state index in [-0.39, 0.29) is 29.9 Å². The predicted molar refractivity (Wildman–Crippen MR) is 101 cm³/mol. The predicted octanol–water partition coefficient (Wildman–Crippen LogP) is 2.28. The molecule has 0 heterocycles. The fourth-order valence-electron chi connectivity index (χ4n) is 1.37. The Balaban J connectivity index is 0.00000400. The molecule has 4 N–H and O–H groups in total. The molecule has 116 valence electrons. The zero-order valence-corrected chi connectivity index (χ0v) is 15.8. The van der Waals surface area contributed by atoms with Gasteiger partial charge in [-0.15, -0.1) is 24.0 Å². The molecular formula is C14H20BrIN4O. The SMILES string of the molecule is C=C(C)CN=C(N)NCCNC(=O)c1cccc(Br)c1.I. The van der Waals surface area contributed by atoms with Crippen LogP contribution in [-0.4, -0.2) is 31.5 Å². The van der Waals surface area contributed by atoms with Crippen molar-refractivity contribution in [1.82, 2.24) is 10.6 Å². The van der Waals surface area contributed by atoms with Gasteiger partial charge < -0.3 is 16.4 Å². The van der Waals surface area contributed by atoms with Gasteiger partial charge in [-0.3, -0.25) is 4.79 Å². The molecule has 0 unspecified atom stereocenters. The van der Waals surface area contributed by atoms with Gasteiger partial charge in [-0.2, -0.15) is 0 Å². The van der Waals surface area contributed by atoms with Gasteiger partial charge in [-0.05, 0) is 25.1 Å². The van der Waals surface area contributed by atoms with Crippen LogP contribution in [0.15, 0.2) is 45.9 Å². The normalized spacial score (nSPS) is 10.5. The fraction of sp³-hybridized carbons (Fsp3) is 0.286. The molecule has 0 bridgehead atoms. The number of hydrogen-bond donors (Lipinski definition) is 3. The van der Waals surface area contributed by atoms with Crippen molar-refractivity contribution in [3.8, 4) is 0 Å². The van der Waals surface area contributed by atoms with Gasteiger partial charge in [0.05, 0.1) is 6.54 Å².